The van der Waals surface area contributed by atoms with Gasteiger partial charge in [-0.3, -0.25) is 0 Å². The van der Waals surface area contributed by atoms with Gasteiger partial charge in [0.05, 0.1) is 12.8 Å². The minimum Gasteiger partial charge on any atom is -0.395 e. The molecular formula is C22H26Cl2N6O. The molecule has 0 amide bonds. The number of rotatable bonds is 7. The van der Waals surface area contributed by atoms with Crippen molar-refractivity contribution in [3.63, 3.8) is 0 Å². The van der Waals surface area contributed by atoms with Crippen LogP contribution in [-0.2, 0) is 6.54 Å². The number of halogens is 2. The van der Waals surface area contributed by atoms with E-state index < -0.39 is 0 Å². The second kappa shape index (κ2) is 10.0. The van der Waals surface area contributed by atoms with Gasteiger partial charge < -0.3 is 20.2 Å². The molecule has 1 aromatic carbocycles. The molecule has 2 aliphatic heterocycles. The van der Waals surface area contributed by atoms with E-state index in [1.807, 2.05) is 6.07 Å². The van der Waals surface area contributed by atoms with Crippen molar-refractivity contribution in [2.75, 3.05) is 49.5 Å². The van der Waals surface area contributed by atoms with E-state index in [2.05, 4.69) is 31.2 Å². The van der Waals surface area contributed by atoms with Gasteiger partial charge in [0.1, 0.15) is 17.5 Å². The summed E-state index contributed by atoms with van der Waals surface area (Å²) in [6.45, 7) is 5.41. The fraction of sp³-hybridized carbons (Fsp3) is 0.500. The van der Waals surface area contributed by atoms with E-state index >= 15 is 0 Å². The summed E-state index contributed by atoms with van der Waals surface area (Å²) in [4.78, 5) is 13.6. The number of nitrogens with zero attached hydrogens (tertiary/aromatic N) is 5. The third-order valence-corrected chi connectivity index (χ3v) is 6.76. The Kier molecular flexibility index (Phi) is 7.13. The zero-order valence-electron chi connectivity index (χ0n) is 17.3. The van der Waals surface area contributed by atoms with Crippen LogP contribution >= 0.6 is 23.2 Å². The van der Waals surface area contributed by atoms with Gasteiger partial charge >= 0.3 is 0 Å². The van der Waals surface area contributed by atoms with Gasteiger partial charge in [0.25, 0.3) is 0 Å². The smallest absolute Gasteiger partial charge is 0.227 e. The van der Waals surface area contributed by atoms with Crippen molar-refractivity contribution in [3.05, 3.63) is 45.6 Å². The molecule has 1 unspecified atom stereocenters. The lowest BCUT2D eigenvalue weighted by molar-refractivity contribution is 0.101. The van der Waals surface area contributed by atoms with Crippen LogP contribution < -0.4 is 10.2 Å². The molecule has 0 aliphatic carbocycles. The highest BCUT2D eigenvalue weighted by Gasteiger charge is 2.36. The number of aromatic nitrogens is 2. The third kappa shape index (κ3) is 5.21. The lowest BCUT2D eigenvalue weighted by Gasteiger charge is -2.46. The van der Waals surface area contributed by atoms with Crippen LogP contribution in [0.3, 0.4) is 0 Å². The fourth-order valence-electron chi connectivity index (χ4n) is 4.38. The Morgan fingerprint density at radius 3 is 2.81 bits per heavy atom. The summed E-state index contributed by atoms with van der Waals surface area (Å²) in [6.07, 6.45) is 4.00. The Hall–Kier alpha value is -2.11. The molecule has 2 N–H and O–H groups in total. The van der Waals surface area contributed by atoms with Crippen LogP contribution in [0.5, 0.6) is 0 Å². The van der Waals surface area contributed by atoms with Crippen LogP contribution in [0.2, 0.25) is 10.0 Å². The standard InChI is InChI=1S/C22H26Cl2N6O/c23-19-4-3-15(20(24)8-19)10-26-21-17(9-25)11-27-22(28-21)30-13-18(14-30)16-2-1-5-29(12-16)6-7-31/h3-4,8,11,16,18,31H,1-2,5-7,10,12-14H2,(H,26,27,28). The monoisotopic (exact) mass is 460 g/mol. The number of likely N-dealkylation sites (tertiary alicyclic amines) is 1. The van der Waals surface area contributed by atoms with Gasteiger partial charge in [0, 0.05) is 42.8 Å². The summed E-state index contributed by atoms with van der Waals surface area (Å²) in [5, 5.41) is 23.0. The Morgan fingerprint density at radius 2 is 2.06 bits per heavy atom. The first-order valence-corrected chi connectivity index (χ1v) is 11.4. The molecule has 3 heterocycles. The van der Waals surface area contributed by atoms with Crippen molar-refractivity contribution in [3.8, 4) is 6.07 Å². The van der Waals surface area contributed by atoms with Gasteiger partial charge in [-0.25, -0.2) is 4.98 Å². The first kappa shape index (κ1) is 22.1. The molecule has 1 aromatic heterocycles. The molecule has 2 aromatic rings. The number of aliphatic hydroxyl groups is 1. The van der Waals surface area contributed by atoms with Crippen LogP contribution in [0.4, 0.5) is 11.8 Å². The molecule has 2 aliphatic rings. The van der Waals surface area contributed by atoms with E-state index in [1.165, 1.54) is 12.8 Å². The SMILES string of the molecule is N#Cc1cnc(N2CC(C3CCCN(CCO)C3)C2)nc1NCc1ccc(Cl)cc1Cl. The number of anilines is 2. The topological polar surface area (TPSA) is 88.3 Å². The number of benzene rings is 1. The molecule has 0 saturated carbocycles. The normalized spacial score (nSPS) is 19.7. The van der Waals surface area contributed by atoms with E-state index in [1.54, 1.807) is 18.3 Å². The highest BCUT2D eigenvalue weighted by molar-refractivity contribution is 6.35. The van der Waals surface area contributed by atoms with Crippen molar-refractivity contribution in [2.24, 2.45) is 11.8 Å². The lowest BCUT2D eigenvalue weighted by atomic mass is 9.81. The molecular weight excluding hydrogens is 435 g/mol. The predicted molar refractivity (Wildman–Crippen MR) is 122 cm³/mol. The summed E-state index contributed by atoms with van der Waals surface area (Å²) in [6, 6.07) is 7.49. The summed E-state index contributed by atoms with van der Waals surface area (Å²) in [5.74, 6) is 2.42. The molecule has 7 nitrogen and oxygen atoms in total. The maximum Gasteiger partial charge on any atom is 0.227 e. The summed E-state index contributed by atoms with van der Waals surface area (Å²) in [5.41, 5.74) is 1.28. The first-order chi connectivity index (χ1) is 15.1. The number of β-amino-alcohol motifs (C(OH)–C–C–N with tert-alkyl or cyclic N) is 1. The van der Waals surface area contributed by atoms with Crippen LogP contribution in [0.1, 0.15) is 24.0 Å². The summed E-state index contributed by atoms with van der Waals surface area (Å²) >= 11 is 12.2. The van der Waals surface area contributed by atoms with Crippen molar-refractivity contribution < 1.29 is 5.11 Å². The second-order valence-electron chi connectivity index (χ2n) is 8.22. The van der Waals surface area contributed by atoms with E-state index in [-0.39, 0.29) is 6.61 Å². The maximum absolute atomic E-state index is 9.44. The van der Waals surface area contributed by atoms with E-state index in [4.69, 9.17) is 23.2 Å². The maximum atomic E-state index is 9.44. The minimum atomic E-state index is 0.222. The largest absolute Gasteiger partial charge is 0.395 e. The van der Waals surface area contributed by atoms with Crippen molar-refractivity contribution in [1.29, 1.82) is 5.26 Å². The van der Waals surface area contributed by atoms with Gasteiger partial charge in [-0.1, -0.05) is 29.3 Å². The van der Waals surface area contributed by atoms with Crippen LogP contribution in [0.15, 0.2) is 24.4 Å². The third-order valence-electron chi connectivity index (χ3n) is 6.18. The number of hydrogen-bond donors (Lipinski definition) is 2. The number of piperidine rings is 1. The predicted octanol–water partition coefficient (Wildman–Crippen LogP) is 3.41. The van der Waals surface area contributed by atoms with Crippen LogP contribution in [0, 0.1) is 23.2 Å². The zero-order valence-corrected chi connectivity index (χ0v) is 18.8. The van der Waals surface area contributed by atoms with Gasteiger partial charge in [0.2, 0.25) is 5.95 Å². The highest BCUT2D eigenvalue weighted by Crippen LogP contribution is 2.33. The first-order valence-electron chi connectivity index (χ1n) is 10.6. The number of nitrogens with one attached hydrogen (secondary N) is 1. The zero-order chi connectivity index (χ0) is 21.8. The Bertz CT molecular complexity index is 958. The van der Waals surface area contributed by atoms with Gasteiger partial charge in [-0.15, -0.1) is 0 Å². The molecule has 4 rings (SSSR count). The van der Waals surface area contributed by atoms with Crippen molar-refractivity contribution in [2.45, 2.75) is 19.4 Å². The molecule has 164 valence electrons. The summed E-state index contributed by atoms with van der Waals surface area (Å²) in [7, 11) is 0. The Balaban J connectivity index is 1.38. The average Bonchev–Trinajstić information content (AvgIpc) is 2.73. The number of hydrogen-bond acceptors (Lipinski definition) is 7. The fourth-order valence-corrected chi connectivity index (χ4v) is 4.86. The Morgan fingerprint density at radius 1 is 1.23 bits per heavy atom. The van der Waals surface area contributed by atoms with Crippen molar-refractivity contribution in [1.82, 2.24) is 14.9 Å². The molecule has 0 radical (unpaired) electrons. The van der Waals surface area contributed by atoms with E-state index in [0.717, 1.165) is 38.3 Å². The van der Waals surface area contributed by atoms with Crippen LogP contribution in [0.25, 0.3) is 0 Å². The number of aliphatic hydroxyl groups excluding tert-OH is 1. The number of nitriles is 1. The molecule has 2 fully saturated rings. The van der Waals surface area contributed by atoms with Gasteiger partial charge in [-0.05, 0) is 48.9 Å². The minimum absolute atomic E-state index is 0.222. The van der Waals surface area contributed by atoms with Gasteiger partial charge in [0.15, 0.2) is 0 Å². The second-order valence-corrected chi connectivity index (χ2v) is 9.07. The highest BCUT2D eigenvalue weighted by atomic mass is 35.5. The molecule has 9 heteroatoms. The average molecular weight is 461 g/mol. The summed E-state index contributed by atoms with van der Waals surface area (Å²) < 4.78 is 0. The van der Waals surface area contributed by atoms with Crippen molar-refractivity contribution >= 4 is 35.0 Å². The van der Waals surface area contributed by atoms with Crippen LogP contribution in [-0.4, -0.2) is 59.3 Å². The molecule has 0 bridgehead atoms. The molecule has 1 atom stereocenters. The van der Waals surface area contributed by atoms with E-state index in [9.17, 15) is 10.4 Å². The lowest BCUT2D eigenvalue weighted by Crippen LogP contribution is -2.54. The Labute approximate surface area is 192 Å². The molecule has 2 saturated heterocycles. The van der Waals surface area contributed by atoms with Gasteiger partial charge in [-0.2, -0.15) is 10.2 Å². The molecule has 31 heavy (non-hydrogen) atoms. The van der Waals surface area contributed by atoms with E-state index in [0.29, 0.717) is 45.8 Å². The quantitative estimate of drug-likeness (QED) is 0.654. The molecule has 0 spiro atoms.